The summed E-state index contributed by atoms with van der Waals surface area (Å²) >= 11 is 0. The van der Waals surface area contributed by atoms with E-state index in [0.29, 0.717) is 13.1 Å². The van der Waals surface area contributed by atoms with Crippen molar-refractivity contribution >= 4 is 10.9 Å². The van der Waals surface area contributed by atoms with Gasteiger partial charge in [0.1, 0.15) is 11.6 Å². The van der Waals surface area contributed by atoms with Gasteiger partial charge in [-0.2, -0.15) is 0 Å². The lowest BCUT2D eigenvalue weighted by Crippen LogP contribution is -2.06. The molecular formula is C17H17FN2O. The Hall–Kier alpha value is -2.33. The molecule has 2 aromatic carbocycles. The van der Waals surface area contributed by atoms with Crippen molar-refractivity contribution in [3.05, 3.63) is 65.6 Å². The third kappa shape index (κ3) is 2.62. The third-order valence-corrected chi connectivity index (χ3v) is 3.71. The molecular weight excluding hydrogens is 267 g/mol. The Bertz CT molecular complexity index is 780. The minimum absolute atomic E-state index is 0.236. The summed E-state index contributed by atoms with van der Waals surface area (Å²) in [5, 5.41) is 1.10. The number of halogens is 1. The van der Waals surface area contributed by atoms with Crippen molar-refractivity contribution in [3.63, 3.8) is 0 Å². The van der Waals surface area contributed by atoms with Crippen LogP contribution in [0, 0.1) is 5.82 Å². The molecule has 0 radical (unpaired) electrons. The van der Waals surface area contributed by atoms with Gasteiger partial charge < -0.3 is 15.0 Å². The third-order valence-electron chi connectivity index (χ3n) is 3.71. The lowest BCUT2D eigenvalue weighted by atomic mass is 10.1. The highest BCUT2D eigenvalue weighted by Gasteiger charge is 2.07. The molecule has 0 saturated carbocycles. The first kappa shape index (κ1) is 13.6. The summed E-state index contributed by atoms with van der Waals surface area (Å²) < 4.78 is 20.8. The van der Waals surface area contributed by atoms with Gasteiger partial charge >= 0.3 is 0 Å². The quantitative estimate of drug-likeness (QED) is 0.798. The molecule has 108 valence electrons. The highest BCUT2D eigenvalue weighted by molar-refractivity contribution is 5.81. The van der Waals surface area contributed by atoms with Crippen molar-refractivity contribution in [2.24, 2.45) is 5.73 Å². The molecule has 1 heterocycles. The fourth-order valence-electron chi connectivity index (χ4n) is 2.57. The zero-order chi connectivity index (χ0) is 14.8. The number of hydrogen-bond donors (Lipinski definition) is 1. The van der Waals surface area contributed by atoms with E-state index < -0.39 is 0 Å². The van der Waals surface area contributed by atoms with E-state index in [2.05, 4.69) is 4.57 Å². The molecule has 0 aliphatic carbocycles. The molecule has 0 aliphatic heterocycles. The maximum Gasteiger partial charge on any atom is 0.123 e. The molecule has 0 spiro atoms. The molecule has 4 heteroatoms. The molecule has 0 amide bonds. The first-order chi connectivity index (χ1) is 10.2. The van der Waals surface area contributed by atoms with Gasteiger partial charge in [0.05, 0.1) is 7.11 Å². The van der Waals surface area contributed by atoms with E-state index in [0.717, 1.165) is 27.8 Å². The van der Waals surface area contributed by atoms with Crippen LogP contribution in [0.3, 0.4) is 0 Å². The topological polar surface area (TPSA) is 40.2 Å². The second-order valence-corrected chi connectivity index (χ2v) is 4.99. The van der Waals surface area contributed by atoms with Crippen LogP contribution in [-0.4, -0.2) is 11.7 Å². The Kier molecular flexibility index (Phi) is 3.62. The molecule has 0 bridgehead atoms. The van der Waals surface area contributed by atoms with Crippen molar-refractivity contribution in [2.45, 2.75) is 13.1 Å². The Labute approximate surface area is 122 Å². The fraction of sp³-hybridized carbons (Fsp3) is 0.176. The molecule has 3 rings (SSSR count). The van der Waals surface area contributed by atoms with E-state index in [1.807, 2.05) is 30.5 Å². The lowest BCUT2D eigenvalue weighted by Gasteiger charge is -2.11. The number of nitrogens with zero attached hydrogens (tertiary/aromatic N) is 1. The first-order valence-electron chi connectivity index (χ1n) is 6.81. The highest BCUT2D eigenvalue weighted by atomic mass is 19.1. The van der Waals surface area contributed by atoms with Crippen LogP contribution < -0.4 is 10.5 Å². The Morgan fingerprint density at radius 1 is 1.10 bits per heavy atom. The molecule has 1 aromatic heterocycles. The van der Waals surface area contributed by atoms with Gasteiger partial charge in [-0.3, -0.25) is 0 Å². The van der Waals surface area contributed by atoms with E-state index in [1.54, 1.807) is 19.2 Å². The molecule has 21 heavy (non-hydrogen) atoms. The zero-order valence-corrected chi connectivity index (χ0v) is 11.8. The lowest BCUT2D eigenvalue weighted by molar-refractivity contribution is 0.415. The summed E-state index contributed by atoms with van der Waals surface area (Å²) in [5.74, 6) is 0.592. The Morgan fingerprint density at radius 3 is 2.71 bits per heavy atom. The second-order valence-electron chi connectivity index (χ2n) is 4.99. The van der Waals surface area contributed by atoms with Gasteiger partial charge in [-0.25, -0.2) is 4.39 Å². The number of methoxy groups -OCH3 is 1. The maximum absolute atomic E-state index is 13.5. The molecule has 3 aromatic rings. The Balaban J connectivity index is 2.00. The number of rotatable bonds is 4. The first-order valence-corrected chi connectivity index (χ1v) is 6.81. The largest absolute Gasteiger partial charge is 0.497 e. The second kappa shape index (κ2) is 5.58. The van der Waals surface area contributed by atoms with Crippen molar-refractivity contribution in [1.82, 2.24) is 4.57 Å². The van der Waals surface area contributed by atoms with Crippen LogP contribution in [0.2, 0.25) is 0 Å². The van der Waals surface area contributed by atoms with Crippen LogP contribution in [-0.2, 0) is 13.1 Å². The Morgan fingerprint density at radius 2 is 1.95 bits per heavy atom. The van der Waals surface area contributed by atoms with Crippen molar-refractivity contribution < 1.29 is 9.13 Å². The number of nitrogens with two attached hydrogens (primary N) is 1. The highest BCUT2D eigenvalue weighted by Crippen LogP contribution is 2.23. The van der Waals surface area contributed by atoms with Gasteiger partial charge in [0.15, 0.2) is 0 Å². The van der Waals surface area contributed by atoms with Gasteiger partial charge in [0, 0.05) is 30.2 Å². The van der Waals surface area contributed by atoms with E-state index in [-0.39, 0.29) is 5.82 Å². The number of hydrogen-bond acceptors (Lipinski definition) is 2. The molecule has 0 aliphatic rings. The minimum atomic E-state index is -0.236. The van der Waals surface area contributed by atoms with Crippen LogP contribution in [0.5, 0.6) is 5.75 Å². The van der Waals surface area contributed by atoms with Gasteiger partial charge in [-0.15, -0.1) is 0 Å². The van der Waals surface area contributed by atoms with E-state index in [1.165, 1.54) is 6.07 Å². The number of ether oxygens (including phenoxy) is 1. The summed E-state index contributed by atoms with van der Waals surface area (Å²) in [6.07, 6.45) is 2.00. The maximum atomic E-state index is 13.5. The summed E-state index contributed by atoms with van der Waals surface area (Å²) in [6.45, 7) is 1.00. The van der Waals surface area contributed by atoms with Gasteiger partial charge in [-0.05, 0) is 47.5 Å². The minimum Gasteiger partial charge on any atom is -0.497 e. The van der Waals surface area contributed by atoms with Crippen molar-refractivity contribution in [3.8, 4) is 5.75 Å². The predicted octanol–water partition coefficient (Wildman–Crippen LogP) is 3.30. The van der Waals surface area contributed by atoms with E-state index >= 15 is 0 Å². The standard InChI is InChI=1S/C17H17FN2O/c1-21-16-4-5-17-12(9-16)6-7-20(17)11-14-8-15(18)3-2-13(14)10-19/h2-9H,10-11,19H2,1H3. The van der Waals surface area contributed by atoms with E-state index in [9.17, 15) is 4.39 Å². The summed E-state index contributed by atoms with van der Waals surface area (Å²) in [4.78, 5) is 0. The summed E-state index contributed by atoms with van der Waals surface area (Å²) in [5.41, 5.74) is 8.69. The monoisotopic (exact) mass is 284 g/mol. The van der Waals surface area contributed by atoms with Crippen LogP contribution in [0.25, 0.3) is 10.9 Å². The van der Waals surface area contributed by atoms with Gasteiger partial charge in [-0.1, -0.05) is 6.07 Å². The molecule has 0 unspecified atom stereocenters. The zero-order valence-electron chi connectivity index (χ0n) is 11.8. The molecule has 0 saturated heterocycles. The number of fused-ring (bicyclic) bond motifs is 1. The summed E-state index contributed by atoms with van der Waals surface area (Å²) in [6, 6.07) is 12.7. The van der Waals surface area contributed by atoms with Crippen LogP contribution >= 0.6 is 0 Å². The van der Waals surface area contributed by atoms with E-state index in [4.69, 9.17) is 10.5 Å². The molecule has 0 atom stereocenters. The van der Waals surface area contributed by atoms with Crippen LogP contribution in [0.4, 0.5) is 4.39 Å². The smallest absolute Gasteiger partial charge is 0.123 e. The summed E-state index contributed by atoms with van der Waals surface area (Å²) in [7, 11) is 1.65. The van der Waals surface area contributed by atoms with Gasteiger partial charge in [0.2, 0.25) is 0 Å². The normalized spacial score (nSPS) is 11.0. The number of benzene rings is 2. The van der Waals surface area contributed by atoms with Gasteiger partial charge in [0.25, 0.3) is 0 Å². The van der Waals surface area contributed by atoms with Crippen molar-refractivity contribution in [2.75, 3.05) is 7.11 Å². The van der Waals surface area contributed by atoms with Crippen molar-refractivity contribution in [1.29, 1.82) is 0 Å². The average molecular weight is 284 g/mol. The molecule has 2 N–H and O–H groups in total. The fourth-order valence-corrected chi connectivity index (χ4v) is 2.57. The molecule has 0 fully saturated rings. The van der Waals surface area contributed by atoms with Crippen LogP contribution in [0.15, 0.2) is 48.7 Å². The molecule has 3 nitrogen and oxygen atoms in total. The number of aromatic nitrogens is 1. The predicted molar refractivity (Wildman–Crippen MR) is 81.9 cm³/mol. The SMILES string of the molecule is COc1ccc2c(ccn2Cc2cc(F)ccc2CN)c1. The van der Waals surface area contributed by atoms with Crippen LogP contribution in [0.1, 0.15) is 11.1 Å². The average Bonchev–Trinajstić information content (AvgIpc) is 2.90.